The Morgan fingerprint density at radius 3 is 1.66 bits per heavy atom. The molecule has 2 heterocycles. The number of fused-ring (bicyclic) bond motifs is 9. The summed E-state index contributed by atoms with van der Waals surface area (Å²) in [4.78, 5) is 2.51. The number of aromatic nitrogens is 1. The number of nitrogens with zero attached hydrogens (tertiary/aromatic N) is 2. The number of hydrogen-bond donors (Lipinski definition) is 0. The Kier molecular flexibility index (Phi) is 10.8. The van der Waals surface area contributed by atoms with Crippen LogP contribution in [0.3, 0.4) is 0 Å². The summed E-state index contributed by atoms with van der Waals surface area (Å²) in [6.45, 7) is 7.19. The Hall–Kier alpha value is -10.5. The zero-order valence-corrected chi connectivity index (χ0v) is 47.7. The number of rotatable bonds is 9. The smallest absolute Gasteiger partial charge is 0.0623 e. The van der Waals surface area contributed by atoms with Crippen LogP contribution >= 0.6 is 0 Å². The lowest BCUT2D eigenvalue weighted by molar-refractivity contribution is 0.660. The summed E-state index contributed by atoms with van der Waals surface area (Å²) < 4.78 is 2.58. The minimum Gasteiger partial charge on any atom is -0.310 e. The van der Waals surface area contributed by atoms with Gasteiger partial charge in [0, 0.05) is 49.7 Å². The molecule has 1 aromatic heterocycles. The molecule has 0 saturated carbocycles. The van der Waals surface area contributed by atoms with Gasteiger partial charge in [0.25, 0.3) is 0 Å². The third kappa shape index (κ3) is 7.25. The van der Waals surface area contributed by atoms with E-state index in [-0.39, 0.29) is 5.41 Å². The van der Waals surface area contributed by atoms with E-state index in [9.17, 15) is 0 Å². The predicted octanol–water partition coefficient (Wildman–Crippen LogP) is 22.2. The van der Waals surface area contributed by atoms with Gasteiger partial charge in [-0.3, -0.25) is 0 Å². The van der Waals surface area contributed by atoms with Crippen LogP contribution in [0.5, 0.6) is 0 Å². The standard InChI is InChI=1S/C83H58N2/c1-82(2)71-39-17-15-35-65(71)69-52-61(44-46-72(69)82)84(77-42-22-37-64(54-25-9-5-10-26-54)78(77)55-27-11-6-12-28-55)60-32-20-30-57(50-60)62-33-13-14-34-63(62)58-43-48-76-70(51-58)67-38-21-40-73-79(67)80-74(47-45-68-66-36-16-18-41-75(66)85(76)81(68)80)83(73,3)59-31-19-29-56(49-59)53-23-7-4-8-24-53/h4-52H,1-3H3. The van der Waals surface area contributed by atoms with Crippen LogP contribution in [0, 0.1) is 0 Å². The van der Waals surface area contributed by atoms with Gasteiger partial charge < -0.3 is 9.47 Å². The van der Waals surface area contributed by atoms with E-state index < -0.39 is 5.41 Å². The predicted molar refractivity (Wildman–Crippen MR) is 357 cm³/mol. The minimum absolute atomic E-state index is 0.123. The summed E-state index contributed by atoms with van der Waals surface area (Å²) >= 11 is 0. The molecule has 0 radical (unpaired) electrons. The van der Waals surface area contributed by atoms with Crippen molar-refractivity contribution in [2.45, 2.75) is 31.6 Å². The molecule has 1 atom stereocenters. The van der Waals surface area contributed by atoms with E-state index in [2.05, 4.69) is 327 Å². The van der Waals surface area contributed by atoms with Crippen LogP contribution in [0.25, 0.3) is 117 Å². The maximum Gasteiger partial charge on any atom is 0.0623 e. The zero-order valence-electron chi connectivity index (χ0n) is 47.7. The molecule has 1 unspecified atom stereocenters. The van der Waals surface area contributed by atoms with E-state index in [1.165, 1.54) is 139 Å². The molecule has 14 aromatic rings. The summed E-state index contributed by atoms with van der Waals surface area (Å²) in [5.41, 5.74) is 32.8. The topological polar surface area (TPSA) is 8.17 Å². The van der Waals surface area contributed by atoms with Crippen molar-refractivity contribution in [3.05, 3.63) is 325 Å². The van der Waals surface area contributed by atoms with Gasteiger partial charge in [-0.1, -0.05) is 257 Å². The highest BCUT2D eigenvalue weighted by molar-refractivity contribution is 6.19. The quantitative estimate of drug-likeness (QED) is 0.140. The fraction of sp³-hybridized carbons (Fsp3) is 0.0602. The van der Waals surface area contributed by atoms with E-state index in [1.807, 2.05) is 0 Å². The van der Waals surface area contributed by atoms with Crippen molar-refractivity contribution in [1.29, 1.82) is 0 Å². The van der Waals surface area contributed by atoms with Crippen molar-refractivity contribution < 1.29 is 0 Å². The van der Waals surface area contributed by atoms with Gasteiger partial charge in [-0.05, 0) is 162 Å². The molecule has 0 bridgehead atoms. The lowest BCUT2D eigenvalue weighted by atomic mass is 9.73. The highest BCUT2D eigenvalue weighted by atomic mass is 15.1. The van der Waals surface area contributed by atoms with E-state index in [0.29, 0.717) is 0 Å². The van der Waals surface area contributed by atoms with Crippen LogP contribution in [0.2, 0.25) is 0 Å². The SMILES string of the molecule is CC1(C)c2ccccc2-c2cc(N(c3cccc(-c4ccccc4-c4ccc5c(c4)-c4cccc6c4-c4c(ccc7c8ccccc8n-5c47)C6(C)c4cccc(-c5ccccc5)c4)c3)c3cccc(-c4ccccc4)c3-c3ccccc3)ccc21. The Labute approximate surface area is 496 Å². The lowest BCUT2D eigenvalue weighted by Gasteiger charge is -2.30. The van der Waals surface area contributed by atoms with Crippen LogP contribution in [-0.2, 0) is 10.8 Å². The maximum atomic E-state index is 2.58. The van der Waals surface area contributed by atoms with Gasteiger partial charge in [0.1, 0.15) is 0 Å². The van der Waals surface area contributed by atoms with Crippen LogP contribution in [0.15, 0.2) is 297 Å². The van der Waals surface area contributed by atoms with Gasteiger partial charge >= 0.3 is 0 Å². The molecule has 0 amide bonds. The second-order valence-electron chi connectivity index (χ2n) is 24.0. The third-order valence-electron chi connectivity index (χ3n) is 19.2. The average molecular weight is 1080 g/mol. The number of anilines is 3. The highest BCUT2D eigenvalue weighted by Gasteiger charge is 2.45. The summed E-state index contributed by atoms with van der Waals surface area (Å²) in [5.74, 6) is 0. The molecule has 0 N–H and O–H groups in total. The first kappa shape index (κ1) is 49.1. The molecule has 13 aromatic carbocycles. The molecule has 0 saturated heterocycles. The van der Waals surface area contributed by atoms with Crippen molar-refractivity contribution >= 4 is 38.9 Å². The van der Waals surface area contributed by atoms with E-state index in [1.54, 1.807) is 0 Å². The van der Waals surface area contributed by atoms with Crippen LogP contribution in [0.1, 0.15) is 48.6 Å². The molecule has 2 heteroatoms. The molecule has 0 spiro atoms. The molecular weight excluding hydrogens is 1020 g/mol. The largest absolute Gasteiger partial charge is 0.310 e. The van der Waals surface area contributed by atoms with Crippen LogP contribution in [-0.4, -0.2) is 4.57 Å². The molecule has 85 heavy (non-hydrogen) atoms. The normalized spacial score (nSPS) is 14.7. The summed E-state index contributed by atoms with van der Waals surface area (Å²) in [5, 5.41) is 2.55. The van der Waals surface area contributed by atoms with Crippen molar-refractivity contribution in [2.75, 3.05) is 4.90 Å². The minimum atomic E-state index is -0.410. The summed E-state index contributed by atoms with van der Waals surface area (Å²) in [6, 6.07) is 111. The zero-order chi connectivity index (χ0) is 56.5. The van der Waals surface area contributed by atoms with Gasteiger partial charge in [0.05, 0.1) is 22.4 Å². The summed E-state index contributed by atoms with van der Waals surface area (Å²) in [7, 11) is 0. The van der Waals surface area contributed by atoms with Crippen molar-refractivity contribution in [3.8, 4) is 94.7 Å². The van der Waals surface area contributed by atoms with Crippen LogP contribution in [0.4, 0.5) is 17.1 Å². The van der Waals surface area contributed by atoms with Gasteiger partial charge in [-0.25, -0.2) is 0 Å². The fourth-order valence-corrected chi connectivity index (χ4v) is 15.2. The fourth-order valence-electron chi connectivity index (χ4n) is 15.2. The third-order valence-corrected chi connectivity index (χ3v) is 19.2. The Bertz CT molecular complexity index is 5040. The van der Waals surface area contributed by atoms with E-state index in [4.69, 9.17) is 0 Å². The van der Waals surface area contributed by atoms with Gasteiger partial charge in [-0.2, -0.15) is 0 Å². The van der Waals surface area contributed by atoms with E-state index in [0.717, 1.165) is 22.6 Å². The van der Waals surface area contributed by atoms with Gasteiger partial charge in [0.15, 0.2) is 0 Å². The van der Waals surface area contributed by atoms with Crippen molar-refractivity contribution in [3.63, 3.8) is 0 Å². The molecular formula is C83H58N2. The molecule has 2 aliphatic carbocycles. The molecule has 17 rings (SSSR count). The Morgan fingerprint density at radius 1 is 0.294 bits per heavy atom. The molecule has 400 valence electrons. The van der Waals surface area contributed by atoms with Gasteiger partial charge in [0.2, 0.25) is 0 Å². The number of benzene rings is 13. The first-order valence-electron chi connectivity index (χ1n) is 29.8. The molecule has 0 fully saturated rings. The summed E-state index contributed by atoms with van der Waals surface area (Å²) in [6.07, 6.45) is 0. The second kappa shape index (κ2) is 18.7. The highest BCUT2D eigenvalue weighted by Crippen LogP contribution is 2.61. The monoisotopic (exact) mass is 1080 g/mol. The maximum absolute atomic E-state index is 2.58. The lowest BCUT2D eigenvalue weighted by Crippen LogP contribution is -2.22. The van der Waals surface area contributed by atoms with Crippen molar-refractivity contribution in [2.24, 2.45) is 0 Å². The first-order chi connectivity index (χ1) is 41.8. The van der Waals surface area contributed by atoms with Crippen molar-refractivity contribution in [1.82, 2.24) is 4.57 Å². The Balaban J connectivity index is 0.856. The second-order valence-corrected chi connectivity index (χ2v) is 24.0. The Morgan fingerprint density at radius 2 is 0.859 bits per heavy atom. The molecule has 2 nitrogen and oxygen atoms in total. The number of para-hydroxylation sites is 1. The molecule has 1 aliphatic heterocycles. The van der Waals surface area contributed by atoms with E-state index >= 15 is 0 Å². The van der Waals surface area contributed by atoms with Crippen LogP contribution < -0.4 is 4.90 Å². The average Bonchev–Trinajstić information content (AvgIpc) is 1.72. The first-order valence-corrected chi connectivity index (χ1v) is 29.8. The molecule has 3 aliphatic rings. The number of hydrogen-bond acceptors (Lipinski definition) is 1. The van der Waals surface area contributed by atoms with Gasteiger partial charge in [-0.15, -0.1) is 0 Å².